The Balaban J connectivity index is 2.03. The van der Waals surface area contributed by atoms with Gasteiger partial charge in [-0.05, 0) is 36.2 Å². The molecular weight excluding hydrogens is 350 g/mol. The van der Waals surface area contributed by atoms with Crippen LogP contribution >= 0.6 is 27.5 Å². The molecular formula is C16H15BrClN3. The summed E-state index contributed by atoms with van der Waals surface area (Å²) in [6.07, 6.45) is 0. The summed E-state index contributed by atoms with van der Waals surface area (Å²) in [6, 6.07) is 14.1. The minimum Gasteiger partial charge on any atom is -0.369 e. The normalized spacial score (nSPS) is 18.0. The lowest BCUT2D eigenvalue weighted by Gasteiger charge is -2.27. The van der Waals surface area contributed by atoms with Crippen LogP contribution in [0, 0.1) is 6.92 Å². The number of rotatable bonds is 2. The van der Waals surface area contributed by atoms with Gasteiger partial charge in [0.2, 0.25) is 0 Å². The van der Waals surface area contributed by atoms with Gasteiger partial charge in [-0.1, -0.05) is 51.8 Å². The van der Waals surface area contributed by atoms with Gasteiger partial charge in [-0.25, -0.2) is 0 Å². The van der Waals surface area contributed by atoms with Gasteiger partial charge in [-0.3, -0.25) is 4.99 Å². The van der Waals surface area contributed by atoms with E-state index in [1.807, 2.05) is 29.2 Å². The fraction of sp³-hybridized carbons (Fsp3) is 0.188. The molecule has 1 heterocycles. The number of aryl methyl sites for hydroxylation is 1. The summed E-state index contributed by atoms with van der Waals surface area (Å²) in [5, 5.41) is 0.677. The van der Waals surface area contributed by atoms with Gasteiger partial charge < -0.3 is 10.6 Å². The van der Waals surface area contributed by atoms with Gasteiger partial charge in [0.1, 0.15) is 0 Å². The van der Waals surface area contributed by atoms with E-state index in [-0.39, 0.29) is 6.04 Å². The predicted molar refractivity (Wildman–Crippen MR) is 92.0 cm³/mol. The minimum absolute atomic E-state index is 0.0803. The first-order chi connectivity index (χ1) is 10.1. The summed E-state index contributed by atoms with van der Waals surface area (Å²) < 4.78 is 1.10. The van der Waals surface area contributed by atoms with E-state index < -0.39 is 0 Å². The fourth-order valence-electron chi connectivity index (χ4n) is 2.57. The quantitative estimate of drug-likeness (QED) is 0.864. The molecule has 0 saturated heterocycles. The van der Waals surface area contributed by atoms with Gasteiger partial charge in [0, 0.05) is 4.47 Å². The lowest BCUT2D eigenvalue weighted by Crippen LogP contribution is -2.36. The topological polar surface area (TPSA) is 41.6 Å². The lowest BCUT2D eigenvalue weighted by atomic mass is 10.0. The van der Waals surface area contributed by atoms with Gasteiger partial charge in [-0.15, -0.1) is 0 Å². The van der Waals surface area contributed by atoms with Crippen molar-refractivity contribution >= 4 is 39.2 Å². The van der Waals surface area contributed by atoms with Crippen molar-refractivity contribution in [1.82, 2.24) is 0 Å². The van der Waals surface area contributed by atoms with Crippen LogP contribution in [0.1, 0.15) is 17.2 Å². The highest BCUT2D eigenvalue weighted by molar-refractivity contribution is 9.10. The van der Waals surface area contributed by atoms with E-state index in [1.165, 1.54) is 11.1 Å². The third-order valence-corrected chi connectivity index (χ3v) is 4.87. The molecule has 3 rings (SSSR count). The molecule has 0 spiro atoms. The standard InChI is InChI=1S/C16H15BrClN3/c1-10-8-11(6-7-12(10)17)15-9-20-16(19)21(15)14-5-3-2-4-13(14)18/h2-8,15H,9H2,1H3,(H2,19,20). The van der Waals surface area contributed by atoms with Crippen LogP contribution in [0.3, 0.4) is 0 Å². The number of benzene rings is 2. The largest absolute Gasteiger partial charge is 0.369 e. The Morgan fingerprint density at radius 3 is 2.76 bits per heavy atom. The molecule has 0 fully saturated rings. The highest BCUT2D eigenvalue weighted by atomic mass is 79.9. The van der Waals surface area contributed by atoms with Crippen molar-refractivity contribution in [2.24, 2.45) is 10.7 Å². The van der Waals surface area contributed by atoms with E-state index in [0.29, 0.717) is 17.5 Å². The maximum Gasteiger partial charge on any atom is 0.196 e. The zero-order valence-electron chi connectivity index (χ0n) is 11.6. The highest BCUT2D eigenvalue weighted by Gasteiger charge is 2.30. The number of guanidine groups is 1. The summed E-state index contributed by atoms with van der Waals surface area (Å²) in [6.45, 7) is 2.71. The van der Waals surface area contributed by atoms with Crippen LogP contribution in [0.15, 0.2) is 51.9 Å². The summed E-state index contributed by atoms with van der Waals surface area (Å²) in [7, 11) is 0. The minimum atomic E-state index is 0.0803. The monoisotopic (exact) mass is 363 g/mol. The maximum atomic E-state index is 6.32. The van der Waals surface area contributed by atoms with Crippen LogP contribution in [0.5, 0.6) is 0 Å². The Morgan fingerprint density at radius 2 is 2.05 bits per heavy atom. The van der Waals surface area contributed by atoms with Crippen molar-refractivity contribution in [2.45, 2.75) is 13.0 Å². The number of anilines is 1. The number of nitrogens with zero attached hydrogens (tertiary/aromatic N) is 2. The van der Waals surface area contributed by atoms with Crippen LogP contribution in [-0.4, -0.2) is 12.5 Å². The second-order valence-electron chi connectivity index (χ2n) is 5.04. The molecule has 0 radical (unpaired) electrons. The second kappa shape index (κ2) is 5.70. The number of halogens is 2. The molecule has 5 heteroatoms. The molecule has 1 unspecified atom stereocenters. The number of para-hydroxylation sites is 1. The zero-order chi connectivity index (χ0) is 15.0. The van der Waals surface area contributed by atoms with E-state index in [0.717, 1.165) is 10.2 Å². The van der Waals surface area contributed by atoms with Crippen molar-refractivity contribution in [2.75, 3.05) is 11.4 Å². The van der Waals surface area contributed by atoms with E-state index in [2.05, 4.69) is 46.0 Å². The molecule has 0 saturated carbocycles. The van der Waals surface area contributed by atoms with Gasteiger partial charge in [0.05, 0.1) is 23.3 Å². The molecule has 0 aromatic heterocycles. The summed E-state index contributed by atoms with van der Waals surface area (Å²) >= 11 is 9.85. The Labute approximate surface area is 137 Å². The average molecular weight is 365 g/mol. The van der Waals surface area contributed by atoms with Crippen molar-refractivity contribution in [1.29, 1.82) is 0 Å². The molecule has 21 heavy (non-hydrogen) atoms. The summed E-state index contributed by atoms with van der Waals surface area (Å²) in [5.74, 6) is 0.508. The van der Waals surface area contributed by atoms with Crippen molar-refractivity contribution in [3.05, 3.63) is 63.1 Å². The molecule has 2 aromatic carbocycles. The Hall–Kier alpha value is -1.52. The Bertz CT molecular complexity index is 714. The second-order valence-corrected chi connectivity index (χ2v) is 6.31. The predicted octanol–water partition coefficient (Wildman–Crippen LogP) is 4.29. The van der Waals surface area contributed by atoms with Gasteiger partial charge in [0.15, 0.2) is 5.96 Å². The van der Waals surface area contributed by atoms with E-state index >= 15 is 0 Å². The third-order valence-electron chi connectivity index (χ3n) is 3.66. The number of hydrogen-bond donors (Lipinski definition) is 1. The van der Waals surface area contributed by atoms with Crippen LogP contribution in [-0.2, 0) is 0 Å². The van der Waals surface area contributed by atoms with E-state index in [4.69, 9.17) is 17.3 Å². The first-order valence-corrected chi connectivity index (χ1v) is 7.85. The molecule has 0 aliphatic carbocycles. The van der Waals surface area contributed by atoms with Crippen LogP contribution in [0.25, 0.3) is 0 Å². The van der Waals surface area contributed by atoms with Gasteiger partial charge in [0.25, 0.3) is 0 Å². The molecule has 2 aromatic rings. The molecule has 0 bridgehead atoms. The van der Waals surface area contributed by atoms with Crippen LogP contribution < -0.4 is 10.6 Å². The molecule has 1 aliphatic heterocycles. The summed E-state index contributed by atoms with van der Waals surface area (Å²) in [5.41, 5.74) is 9.35. The van der Waals surface area contributed by atoms with Gasteiger partial charge >= 0.3 is 0 Å². The first kappa shape index (κ1) is 14.4. The smallest absolute Gasteiger partial charge is 0.196 e. The molecule has 0 amide bonds. The maximum absolute atomic E-state index is 6.32. The fourth-order valence-corrected chi connectivity index (χ4v) is 3.04. The van der Waals surface area contributed by atoms with Crippen LogP contribution in [0.4, 0.5) is 5.69 Å². The molecule has 108 valence electrons. The molecule has 1 atom stereocenters. The SMILES string of the molecule is Cc1cc(C2CN=C(N)N2c2ccccc2Cl)ccc1Br. The highest BCUT2D eigenvalue weighted by Crippen LogP contribution is 2.36. The van der Waals surface area contributed by atoms with E-state index in [9.17, 15) is 0 Å². The number of nitrogens with two attached hydrogens (primary N) is 1. The Kier molecular flexibility index (Phi) is 3.91. The number of hydrogen-bond acceptors (Lipinski definition) is 3. The summed E-state index contributed by atoms with van der Waals surface area (Å²) in [4.78, 5) is 6.40. The first-order valence-electron chi connectivity index (χ1n) is 6.67. The molecule has 1 aliphatic rings. The van der Waals surface area contributed by atoms with Crippen molar-refractivity contribution in [3.8, 4) is 0 Å². The van der Waals surface area contributed by atoms with Crippen molar-refractivity contribution < 1.29 is 0 Å². The third kappa shape index (κ3) is 2.65. The van der Waals surface area contributed by atoms with Crippen LogP contribution in [0.2, 0.25) is 5.02 Å². The Morgan fingerprint density at radius 1 is 1.29 bits per heavy atom. The lowest BCUT2D eigenvalue weighted by molar-refractivity contribution is 0.767. The van der Waals surface area contributed by atoms with Crippen molar-refractivity contribution in [3.63, 3.8) is 0 Å². The zero-order valence-corrected chi connectivity index (χ0v) is 13.9. The molecule has 3 nitrogen and oxygen atoms in total. The van der Waals surface area contributed by atoms with E-state index in [1.54, 1.807) is 0 Å². The average Bonchev–Trinajstić information content (AvgIpc) is 2.84. The van der Waals surface area contributed by atoms with Gasteiger partial charge in [-0.2, -0.15) is 0 Å². The number of aliphatic imine (C=N–C) groups is 1. The molecule has 2 N–H and O–H groups in total.